The fourth-order valence-corrected chi connectivity index (χ4v) is 2.19. The van der Waals surface area contributed by atoms with E-state index in [4.69, 9.17) is 5.73 Å². The van der Waals surface area contributed by atoms with Gasteiger partial charge in [0, 0.05) is 22.3 Å². The number of aromatic amines is 1. The highest BCUT2D eigenvalue weighted by molar-refractivity contribution is 6.06. The summed E-state index contributed by atoms with van der Waals surface area (Å²) < 4.78 is 0. The van der Waals surface area contributed by atoms with Crippen LogP contribution in [0.3, 0.4) is 0 Å². The third kappa shape index (κ3) is 2.36. The zero-order valence-electron chi connectivity index (χ0n) is 11.1. The number of hydrogen-bond donors (Lipinski definition) is 3. The Labute approximate surface area is 116 Å². The summed E-state index contributed by atoms with van der Waals surface area (Å²) in [7, 11) is 0. The molecule has 1 heterocycles. The summed E-state index contributed by atoms with van der Waals surface area (Å²) in [6, 6.07) is 15.0. The summed E-state index contributed by atoms with van der Waals surface area (Å²) in [5, 5.41) is 3.80. The van der Waals surface area contributed by atoms with Gasteiger partial charge in [-0.15, -0.1) is 0 Å². The fourth-order valence-electron chi connectivity index (χ4n) is 2.19. The summed E-state index contributed by atoms with van der Waals surface area (Å²) >= 11 is 0. The molecular formula is C16H15N3O. The smallest absolute Gasteiger partial charge is 0.272 e. The molecular weight excluding hydrogens is 250 g/mol. The standard InChI is InChI=1S/C16H15N3O/c1-10-3-2-4-13(7-10)18-16(20)15-9-11-8-12(17)5-6-14(11)19-15/h2-9,19H,17H2,1H3,(H,18,20). The molecule has 0 aliphatic carbocycles. The molecule has 0 radical (unpaired) electrons. The second kappa shape index (κ2) is 4.74. The Morgan fingerprint density at radius 3 is 2.80 bits per heavy atom. The number of benzene rings is 2. The lowest BCUT2D eigenvalue weighted by atomic mass is 10.2. The molecule has 4 heteroatoms. The first-order chi connectivity index (χ1) is 9.61. The Morgan fingerprint density at radius 2 is 2.00 bits per heavy atom. The molecule has 3 aromatic rings. The second-order valence-corrected chi connectivity index (χ2v) is 4.85. The Kier molecular flexibility index (Phi) is 2.91. The predicted octanol–water partition coefficient (Wildman–Crippen LogP) is 3.31. The van der Waals surface area contributed by atoms with Crippen LogP contribution >= 0.6 is 0 Å². The highest BCUT2D eigenvalue weighted by Gasteiger charge is 2.10. The van der Waals surface area contributed by atoms with Crippen LogP contribution in [0.1, 0.15) is 16.1 Å². The molecule has 2 aromatic carbocycles. The van der Waals surface area contributed by atoms with Crippen molar-refractivity contribution in [3.63, 3.8) is 0 Å². The van der Waals surface area contributed by atoms with Crippen LogP contribution in [0, 0.1) is 6.92 Å². The number of carbonyl (C=O) groups excluding carboxylic acids is 1. The van der Waals surface area contributed by atoms with E-state index in [1.165, 1.54) is 0 Å². The Balaban J connectivity index is 1.88. The average molecular weight is 265 g/mol. The second-order valence-electron chi connectivity index (χ2n) is 4.85. The molecule has 0 fully saturated rings. The lowest BCUT2D eigenvalue weighted by molar-refractivity contribution is 0.102. The van der Waals surface area contributed by atoms with E-state index in [0.29, 0.717) is 11.4 Å². The van der Waals surface area contributed by atoms with Gasteiger partial charge in [0.05, 0.1) is 0 Å². The van der Waals surface area contributed by atoms with Crippen LogP contribution in [0.4, 0.5) is 11.4 Å². The third-order valence-corrected chi connectivity index (χ3v) is 3.17. The zero-order chi connectivity index (χ0) is 14.1. The van der Waals surface area contributed by atoms with Crippen molar-refractivity contribution in [3.05, 3.63) is 59.8 Å². The zero-order valence-corrected chi connectivity index (χ0v) is 11.1. The van der Waals surface area contributed by atoms with E-state index in [1.807, 2.05) is 43.3 Å². The first-order valence-corrected chi connectivity index (χ1v) is 6.38. The monoisotopic (exact) mass is 265 g/mol. The van der Waals surface area contributed by atoms with Crippen molar-refractivity contribution in [3.8, 4) is 0 Å². The molecule has 0 saturated heterocycles. The van der Waals surface area contributed by atoms with Crippen LogP contribution in [0.25, 0.3) is 10.9 Å². The van der Waals surface area contributed by atoms with E-state index in [1.54, 1.807) is 12.1 Å². The highest BCUT2D eigenvalue weighted by atomic mass is 16.1. The Morgan fingerprint density at radius 1 is 1.15 bits per heavy atom. The quantitative estimate of drug-likeness (QED) is 0.622. The number of hydrogen-bond acceptors (Lipinski definition) is 2. The lowest BCUT2D eigenvalue weighted by Gasteiger charge is -2.04. The number of carbonyl (C=O) groups is 1. The van der Waals surface area contributed by atoms with Gasteiger partial charge in [0.2, 0.25) is 0 Å². The van der Waals surface area contributed by atoms with Crippen LogP contribution in [-0.4, -0.2) is 10.9 Å². The van der Waals surface area contributed by atoms with E-state index >= 15 is 0 Å². The van der Waals surface area contributed by atoms with Crippen molar-refractivity contribution in [2.45, 2.75) is 6.92 Å². The van der Waals surface area contributed by atoms with Crippen LogP contribution in [0.5, 0.6) is 0 Å². The first-order valence-electron chi connectivity index (χ1n) is 6.38. The number of anilines is 2. The van der Waals surface area contributed by atoms with Crippen LogP contribution in [-0.2, 0) is 0 Å². The molecule has 0 spiro atoms. The Bertz CT molecular complexity index is 789. The van der Waals surface area contributed by atoms with Crippen molar-refractivity contribution in [1.29, 1.82) is 0 Å². The number of fused-ring (bicyclic) bond motifs is 1. The topological polar surface area (TPSA) is 70.9 Å². The molecule has 1 aromatic heterocycles. The average Bonchev–Trinajstić information content (AvgIpc) is 2.81. The number of rotatable bonds is 2. The number of nitrogens with two attached hydrogens (primary N) is 1. The third-order valence-electron chi connectivity index (χ3n) is 3.17. The van der Waals surface area contributed by atoms with Crippen LogP contribution in [0.15, 0.2) is 48.5 Å². The van der Waals surface area contributed by atoms with Crippen molar-refractivity contribution in [2.24, 2.45) is 0 Å². The Hall–Kier alpha value is -2.75. The molecule has 0 unspecified atom stereocenters. The van der Waals surface area contributed by atoms with E-state index in [9.17, 15) is 4.79 Å². The largest absolute Gasteiger partial charge is 0.399 e. The van der Waals surface area contributed by atoms with Crippen molar-refractivity contribution in [2.75, 3.05) is 11.1 Å². The van der Waals surface area contributed by atoms with Gasteiger partial charge in [-0.2, -0.15) is 0 Å². The van der Waals surface area contributed by atoms with Gasteiger partial charge in [0.1, 0.15) is 5.69 Å². The minimum absolute atomic E-state index is 0.162. The number of aryl methyl sites for hydroxylation is 1. The summed E-state index contributed by atoms with van der Waals surface area (Å²) in [6.45, 7) is 1.99. The molecule has 0 atom stereocenters. The maximum Gasteiger partial charge on any atom is 0.272 e. The molecule has 4 N–H and O–H groups in total. The molecule has 1 amide bonds. The number of aromatic nitrogens is 1. The normalized spacial score (nSPS) is 10.7. The number of amides is 1. The van der Waals surface area contributed by atoms with Gasteiger partial charge in [-0.25, -0.2) is 0 Å². The van der Waals surface area contributed by atoms with E-state index in [0.717, 1.165) is 22.2 Å². The molecule has 0 bridgehead atoms. The van der Waals surface area contributed by atoms with Gasteiger partial charge in [0.25, 0.3) is 5.91 Å². The minimum Gasteiger partial charge on any atom is -0.399 e. The maximum absolute atomic E-state index is 12.2. The summed E-state index contributed by atoms with van der Waals surface area (Å²) in [5.74, 6) is -0.162. The van der Waals surface area contributed by atoms with Gasteiger partial charge < -0.3 is 16.0 Å². The van der Waals surface area contributed by atoms with Gasteiger partial charge in [-0.3, -0.25) is 4.79 Å². The number of H-pyrrole nitrogens is 1. The predicted molar refractivity (Wildman–Crippen MR) is 81.8 cm³/mol. The summed E-state index contributed by atoms with van der Waals surface area (Å²) in [4.78, 5) is 15.3. The molecule has 4 nitrogen and oxygen atoms in total. The lowest BCUT2D eigenvalue weighted by Crippen LogP contribution is -2.12. The van der Waals surface area contributed by atoms with E-state index in [2.05, 4.69) is 10.3 Å². The van der Waals surface area contributed by atoms with Crippen LogP contribution < -0.4 is 11.1 Å². The van der Waals surface area contributed by atoms with Crippen molar-refractivity contribution >= 4 is 28.2 Å². The maximum atomic E-state index is 12.2. The van der Waals surface area contributed by atoms with E-state index < -0.39 is 0 Å². The van der Waals surface area contributed by atoms with Crippen LogP contribution in [0.2, 0.25) is 0 Å². The molecule has 3 rings (SSSR count). The summed E-state index contributed by atoms with van der Waals surface area (Å²) in [5.41, 5.74) is 9.72. The van der Waals surface area contributed by atoms with Gasteiger partial charge in [0.15, 0.2) is 0 Å². The molecule has 20 heavy (non-hydrogen) atoms. The van der Waals surface area contributed by atoms with Crippen molar-refractivity contribution in [1.82, 2.24) is 4.98 Å². The molecule has 0 aliphatic rings. The fraction of sp³-hybridized carbons (Fsp3) is 0.0625. The molecule has 0 aliphatic heterocycles. The minimum atomic E-state index is -0.162. The molecule has 100 valence electrons. The SMILES string of the molecule is Cc1cccc(NC(=O)c2cc3cc(N)ccc3[nH]2)c1. The van der Waals surface area contributed by atoms with Gasteiger partial charge >= 0.3 is 0 Å². The van der Waals surface area contributed by atoms with Gasteiger partial charge in [-0.1, -0.05) is 12.1 Å². The number of nitrogens with one attached hydrogen (secondary N) is 2. The highest BCUT2D eigenvalue weighted by Crippen LogP contribution is 2.19. The summed E-state index contributed by atoms with van der Waals surface area (Å²) in [6.07, 6.45) is 0. The van der Waals surface area contributed by atoms with Crippen molar-refractivity contribution < 1.29 is 4.79 Å². The number of nitrogen functional groups attached to an aromatic ring is 1. The van der Waals surface area contributed by atoms with E-state index in [-0.39, 0.29) is 5.91 Å². The molecule has 0 saturated carbocycles. The van der Waals surface area contributed by atoms with Gasteiger partial charge in [-0.05, 0) is 48.9 Å². The first kappa shape index (κ1) is 12.3.